The van der Waals surface area contributed by atoms with E-state index in [2.05, 4.69) is 203 Å². The van der Waals surface area contributed by atoms with E-state index in [0.717, 1.165) is 105 Å². The zero-order chi connectivity index (χ0) is 66.9. The van der Waals surface area contributed by atoms with Crippen molar-refractivity contribution in [2.75, 3.05) is 0 Å². The van der Waals surface area contributed by atoms with Gasteiger partial charge >= 0.3 is 0 Å². The maximum atomic E-state index is 6.27. The first-order valence-electron chi connectivity index (χ1n) is 33.9. The Morgan fingerprint density at radius 1 is 0.225 bits per heavy atom. The van der Waals surface area contributed by atoms with E-state index in [-0.39, 0.29) is 0 Å². The van der Waals surface area contributed by atoms with Crippen LogP contribution >= 0.6 is 22.7 Å². The number of fused-ring (bicyclic) bond motifs is 18. The van der Waals surface area contributed by atoms with E-state index in [4.69, 9.17) is 38.7 Å². The first-order valence-corrected chi connectivity index (χ1v) is 35.5. The molecule has 0 atom stereocenters. The van der Waals surface area contributed by atoms with E-state index in [1.165, 1.54) is 67.4 Å². The third-order valence-electron chi connectivity index (χ3n) is 19.7. The molecule has 0 spiro atoms. The Labute approximate surface area is 589 Å². The molecule has 14 aromatic carbocycles. The standard InChI is InChI=1S/2C45H26N4OS/c1-2-13-27(14-3-1)43-46-44(48-45(47-43)32-19-12-23-39-42(32)31-18-6-10-22-38(31)50-39)30-17-5-9-21-36(30)49-35-20-8-4-15-28(35)33-25-34-29-16-7-11-24-40(29)51-41(34)26-37(33)49;1-2-12-27(13-3-1)43-46-44(48-45(47-43)33-19-11-22-39-42(33)32-18-5-8-21-38(32)50-39)28-14-10-15-29(24-28)49-36-20-7-4-16-30(36)34-25-35-31-17-6-9-23-40(31)51-41(35)26-37(34)49/h2*1-26H. The molecule has 102 heavy (non-hydrogen) atoms. The molecule has 0 unspecified atom stereocenters. The summed E-state index contributed by atoms with van der Waals surface area (Å²) in [5.74, 6) is 3.65. The first-order chi connectivity index (χ1) is 50.5. The fraction of sp³-hybridized carbons (Fsp3) is 0. The van der Waals surface area contributed by atoms with Crippen LogP contribution in [0, 0.1) is 0 Å². The molecular weight excluding hydrogens is 1290 g/mol. The summed E-state index contributed by atoms with van der Waals surface area (Å²) in [5.41, 5.74) is 15.4. The Bertz CT molecular complexity index is 7170. The minimum absolute atomic E-state index is 0.597. The average Bonchev–Trinajstić information content (AvgIpc) is 1.57. The topological polar surface area (TPSA) is 113 Å². The normalized spacial score (nSPS) is 11.9. The number of thiophene rings is 2. The van der Waals surface area contributed by atoms with Gasteiger partial charge in [0, 0.05) is 123 Å². The van der Waals surface area contributed by atoms with E-state index < -0.39 is 0 Å². The second-order valence-electron chi connectivity index (χ2n) is 25.6. The van der Waals surface area contributed by atoms with E-state index in [1.807, 2.05) is 144 Å². The van der Waals surface area contributed by atoms with Gasteiger partial charge in [0.2, 0.25) is 0 Å². The molecule has 10 nitrogen and oxygen atoms in total. The predicted octanol–water partition coefficient (Wildman–Crippen LogP) is 24.5. The molecule has 0 radical (unpaired) electrons. The van der Waals surface area contributed by atoms with Gasteiger partial charge in [0.05, 0.1) is 27.8 Å². The van der Waals surface area contributed by atoms with Crippen LogP contribution in [0.3, 0.4) is 0 Å². The highest BCUT2D eigenvalue weighted by atomic mass is 32.1. The lowest BCUT2D eigenvalue weighted by Crippen LogP contribution is -2.03. The fourth-order valence-corrected chi connectivity index (χ4v) is 17.4. The SMILES string of the molecule is c1ccc(-c2nc(-c3cccc(-n4c5ccccc5c5cc6c(cc54)sc4ccccc46)c3)nc(-c3cccc4oc5ccccc5c34)n2)cc1.c1ccc(-c2nc(-c3ccccc3-n3c4ccccc4c4cc5c(cc43)sc3ccccc35)nc(-c3cccc4oc5ccccc5c34)n2)cc1. The minimum atomic E-state index is 0.597. The number of hydrogen-bond acceptors (Lipinski definition) is 10. The van der Waals surface area contributed by atoms with Gasteiger partial charge in [0.25, 0.3) is 0 Å². The number of benzene rings is 14. The molecule has 0 saturated carbocycles. The van der Waals surface area contributed by atoms with Crippen molar-refractivity contribution in [1.82, 2.24) is 39.0 Å². The number of aromatic nitrogens is 8. The highest BCUT2D eigenvalue weighted by Crippen LogP contribution is 2.46. The van der Waals surface area contributed by atoms with Crippen LogP contribution in [0.25, 0.3) is 208 Å². The summed E-state index contributed by atoms with van der Waals surface area (Å²) >= 11 is 3.68. The predicted molar refractivity (Wildman–Crippen MR) is 421 cm³/mol. The van der Waals surface area contributed by atoms with E-state index >= 15 is 0 Å². The number of rotatable bonds is 8. The molecule has 0 fully saturated rings. The summed E-state index contributed by atoms with van der Waals surface area (Å²) in [6.45, 7) is 0. The number of hydrogen-bond donors (Lipinski definition) is 0. The van der Waals surface area contributed by atoms with Crippen molar-refractivity contribution in [3.8, 4) is 79.7 Å². The first kappa shape index (κ1) is 57.8. The monoisotopic (exact) mass is 1340 g/mol. The van der Waals surface area contributed by atoms with Crippen molar-refractivity contribution in [3.63, 3.8) is 0 Å². The Morgan fingerprint density at radius 3 is 1.17 bits per heavy atom. The molecular formula is C90H52N8O2S2. The number of para-hydroxylation sites is 5. The van der Waals surface area contributed by atoms with Crippen molar-refractivity contribution in [2.45, 2.75) is 0 Å². The molecule has 0 amide bonds. The van der Waals surface area contributed by atoms with Gasteiger partial charge in [-0.15, -0.1) is 22.7 Å². The molecule has 0 saturated heterocycles. The van der Waals surface area contributed by atoms with Crippen LogP contribution in [0.2, 0.25) is 0 Å². The third kappa shape index (κ3) is 9.31. The molecule has 0 N–H and O–H groups in total. The Balaban J connectivity index is 0.000000133. The van der Waals surface area contributed by atoms with Crippen molar-refractivity contribution in [2.24, 2.45) is 0 Å². The van der Waals surface area contributed by atoms with Crippen LogP contribution < -0.4 is 0 Å². The van der Waals surface area contributed by atoms with E-state index in [9.17, 15) is 0 Å². The molecule has 12 heteroatoms. The van der Waals surface area contributed by atoms with Crippen molar-refractivity contribution in [3.05, 3.63) is 315 Å². The second kappa shape index (κ2) is 23.2. The lowest BCUT2D eigenvalue weighted by molar-refractivity contribution is 0.668. The molecule has 8 heterocycles. The van der Waals surface area contributed by atoms with Gasteiger partial charge in [-0.1, -0.05) is 218 Å². The Morgan fingerprint density at radius 2 is 0.608 bits per heavy atom. The molecule has 0 aliphatic carbocycles. The van der Waals surface area contributed by atoms with Crippen molar-refractivity contribution < 1.29 is 8.83 Å². The van der Waals surface area contributed by atoms with Gasteiger partial charge in [-0.05, 0) is 97.1 Å². The molecule has 8 aromatic heterocycles. The molecule has 22 rings (SSSR count). The maximum absolute atomic E-state index is 6.27. The maximum Gasteiger partial charge on any atom is 0.166 e. The quantitative estimate of drug-likeness (QED) is 0.148. The van der Waals surface area contributed by atoms with Crippen LogP contribution in [-0.2, 0) is 0 Å². The van der Waals surface area contributed by atoms with E-state index in [0.29, 0.717) is 34.9 Å². The molecule has 0 aliphatic rings. The van der Waals surface area contributed by atoms with Gasteiger partial charge in [-0.25, -0.2) is 29.9 Å². The smallest absolute Gasteiger partial charge is 0.166 e. The molecule has 0 bridgehead atoms. The Kier molecular flexibility index (Phi) is 13.1. The minimum Gasteiger partial charge on any atom is -0.456 e. The fourth-order valence-electron chi connectivity index (χ4n) is 15.2. The Hall–Kier alpha value is -13.3. The summed E-state index contributed by atoms with van der Waals surface area (Å²) in [4.78, 5) is 30.9. The van der Waals surface area contributed by atoms with Gasteiger partial charge in [-0.2, -0.15) is 0 Å². The second-order valence-corrected chi connectivity index (χ2v) is 27.8. The average molecular weight is 1340 g/mol. The number of nitrogens with zero attached hydrogens (tertiary/aromatic N) is 8. The molecule has 22 aromatic rings. The summed E-state index contributed by atoms with van der Waals surface area (Å²) in [5, 5.41) is 14.1. The highest BCUT2D eigenvalue weighted by molar-refractivity contribution is 7.26. The third-order valence-corrected chi connectivity index (χ3v) is 22.0. The van der Waals surface area contributed by atoms with Crippen LogP contribution in [-0.4, -0.2) is 39.0 Å². The van der Waals surface area contributed by atoms with Gasteiger partial charge < -0.3 is 18.0 Å². The van der Waals surface area contributed by atoms with Crippen LogP contribution in [0.15, 0.2) is 324 Å². The van der Waals surface area contributed by atoms with Crippen molar-refractivity contribution >= 4 is 151 Å². The van der Waals surface area contributed by atoms with Crippen LogP contribution in [0.1, 0.15) is 0 Å². The van der Waals surface area contributed by atoms with Crippen LogP contribution in [0.5, 0.6) is 0 Å². The molecule has 476 valence electrons. The lowest BCUT2D eigenvalue weighted by atomic mass is 10.1. The zero-order valence-corrected chi connectivity index (χ0v) is 55.9. The summed E-state index contributed by atoms with van der Waals surface area (Å²) < 4.78 is 22.4. The summed E-state index contributed by atoms with van der Waals surface area (Å²) in [6.07, 6.45) is 0. The van der Waals surface area contributed by atoms with E-state index in [1.54, 1.807) is 0 Å². The van der Waals surface area contributed by atoms with Crippen LogP contribution in [0.4, 0.5) is 0 Å². The summed E-state index contributed by atoms with van der Waals surface area (Å²) in [6, 6.07) is 110. The lowest BCUT2D eigenvalue weighted by Gasteiger charge is -2.14. The van der Waals surface area contributed by atoms with Gasteiger partial charge in [0.1, 0.15) is 22.3 Å². The zero-order valence-electron chi connectivity index (χ0n) is 54.2. The van der Waals surface area contributed by atoms with Crippen molar-refractivity contribution in [1.29, 1.82) is 0 Å². The largest absolute Gasteiger partial charge is 0.456 e. The summed E-state index contributed by atoms with van der Waals surface area (Å²) in [7, 11) is 0. The molecule has 0 aliphatic heterocycles. The van der Waals surface area contributed by atoms with Gasteiger partial charge in [0.15, 0.2) is 34.9 Å². The number of furan rings is 2. The highest BCUT2D eigenvalue weighted by Gasteiger charge is 2.25. The van der Waals surface area contributed by atoms with Gasteiger partial charge in [-0.3, -0.25) is 0 Å².